The monoisotopic (exact) mass is 368 g/mol. The van der Waals surface area contributed by atoms with E-state index in [1.807, 2.05) is 0 Å². The number of hydrogen-bond acceptors (Lipinski definition) is 0. The molecule has 0 atom stereocenters. The molecule has 1 heteroatoms. The Morgan fingerprint density at radius 1 is 0.346 bits per heavy atom. The summed E-state index contributed by atoms with van der Waals surface area (Å²) in [5.74, 6) is 0. The molecule has 0 saturated carbocycles. The van der Waals surface area contributed by atoms with Crippen molar-refractivity contribution in [3.8, 4) is 0 Å². The smallest absolute Gasteiger partial charge is 0.0784 e. The quantitative estimate of drug-likeness (QED) is 0.141. The molecule has 0 aliphatic heterocycles. The molecule has 0 heterocycles. The zero-order valence-electron chi connectivity index (χ0n) is 19.3. The fourth-order valence-electron chi connectivity index (χ4n) is 4.16. The summed E-state index contributed by atoms with van der Waals surface area (Å²) >= 11 is 0. The summed E-state index contributed by atoms with van der Waals surface area (Å²) in [5, 5.41) is 0. The first-order valence-corrected chi connectivity index (χ1v) is 12.5. The highest BCUT2D eigenvalue weighted by molar-refractivity contribution is 4.50. The highest BCUT2D eigenvalue weighted by Crippen LogP contribution is 2.16. The summed E-state index contributed by atoms with van der Waals surface area (Å²) in [4.78, 5) is 0. The predicted molar refractivity (Wildman–Crippen MR) is 121 cm³/mol. The Hall–Kier alpha value is -0.0400. The van der Waals surface area contributed by atoms with Gasteiger partial charge in [0.2, 0.25) is 0 Å². The standard InChI is InChI=1S/C25H54N/c1-5-8-11-14-15-16-17-18-19-22-25-26(4,23-20-12-9-6-2)24-21-13-10-7-3/h5-25H2,1-4H3/q+1. The molecule has 0 amide bonds. The van der Waals surface area contributed by atoms with Crippen LogP contribution in [0.3, 0.4) is 0 Å². The van der Waals surface area contributed by atoms with Gasteiger partial charge in [0.15, 0.2) is 0 Å². The lowest BCUT2D eigenvalue weighted by molar-refractivity contribution is -0.910. The van der Waals surface area contributed by atoms with Crippen molar-refractivity contribution in [2.75, 3.05) is 26.7 Å². The van der Waals surface area contributed by atoms with E-state index in [-0.39, 0.29) is 0 Å². The first-order valence-electron chi connectivity index (χ1n) is 12.5. The maximum atomic E-state index is 2.55. The van der Waals surface area contributed by atoms with Gasteiger partial charge in [-0.1, -0.05) is 97.8 Å². The van der Waals surface area contributed by atoms with Crippen LogP contribution in [-0.2, 0) is 0 Å². The molecule has 1 nitrogen and oxygen atoms in total. The summed E-state index contributed by atoms with van der Waals surface area (Å²) < 4.78 is 1.35. The van der Waals surface area contributed by atoms with Crippen LogP contribution in [0.25, 0.3) is 0 Å². The summed E-state index contributed by atoms with van der Waals surface area (Å²) in [6, 6.07) is 0. The molecule has 0 rings (SSSR count). The third kappa shape index (κ3) is 17.4. The molecular formula is C25H54N+. The molecule has 0 aliphatic carbocycles. The second-order valence-corrected chi connectivity index (χ2v) is 9.09. The van der Waals surface area contributed by atoms with Crippen molar-refractivity contribution in [3.05, 3.63) is 0 Å². The van der Waals surface area contributed by atoms with Crippen LogP contribution in [-0.4, -0.2) is 31.2 Å². The maximum absolute atomic E-state index is 2.55. The van der Waals surface area contributed by atoms with Gasteiger partial charge in [-0.15, -0.1) is 0 Å². The van der Waals surface area contributed by atoms with E-state index in [4.69, 9.17) is 0 Å². The average Bonchev–Trinajstić information content (AvgIpc) is 2.64. The third-order valence-corrected chi connectivity index (χ3v) is 6.15. The van der Waals surface area contributed by atoms with Crippen molar-refractivity contribution in [2.45, 2.75) is 136 Å². The normalized spacial score (nSPS) is 12.0. The van der Waals surface area contributed by atoms with Gasteiger partial charge in [-0.2, -0.15) is 0 Å². The topological polar surface area (TPSA) is 0 Å². The molecule has 0 saturated heterocycles. The van der Waals surface area contributed by atoms with Crippen LogP contribution < -0.4 is 0 Å². The first kappa shape index (κ1) is 26.0. The minimum Gasteiger partial charge on any atom is -0.326 e. The second kappa shape index (κ2) is 19.7. The summed E-state index contributed by atoms with van der Waals surface area (Å²) in [6.07, 6.45) is 25.9. The molecule has 0 aliphatic rings. The predicted octanol–water partition coefficient (Wildman–Crippen LogP) is 8.51. The maximum Gasteiger partial charge on any atom is 0.0784 e. The fourth-order valence-corrected chi connectivity index (χ4v) is 4.16. The van der Waals surface area contributed by atoms with Gasteiger partial charge in [0.1, 0.15) is 0 Å². The lowest BCUT2D eigenvalue weighted by Gasteiger charge is -2.35. The fraction of sp³-hybridized carbons (Fsp3) is 1.00. The molecule has 26 heavy (non-hydrogen) atoms. The van der Waals surface area contributed by atoms with Gasteiger partial charge in [-0.05, 0) is 38.5 Å². The van der Waals surface area contributed by atoms with Crippen molar-refractivity contribution in [3.63, 3.8) is 0 Å². The van der Waals surface area contributed by atoms with Crippen LogP contribution in [0.2, 0.25) is 0 Å². The number of unbranched alkanes of at least 4 members (excludes halogenated alkanes) is 15. The molecule has 0 N–H and O–H groups in total. The van der Waals surface area contributed by atoms with E-state index in [1.54, 1.807) is 0 Å². The zero-order valence-corrected chi connectivity index (χ0v) is 19.3. The van der Waals surface area contributed by atoms with E-state index in [9.17, 15) is 0 Å². The molecule has 0 aromatic rings. The van der Waals surface area contributed by atoms with Crippen LogP contribution in [0.5, 0.6) is 0 Å². The Balaban J connectivity index is 3.83. The van der Waals surface area contributed by atoms with Crippen molar-refractivity contribution >= 4 is 0 Å². The van der Waals surface area contributed by atoms with Gasteiger partial charge in [0, 0.05) is 0 Å². The van der Waals surface area contributed by atoms with Crippen LogP contribution in [0, 0.1) is 0 Å². The summed E-state index contributed by atoms with van der Waals surface area (Å²) in [7, 11) is 2.55. The van der Waals surface area contributed by atoms with Gasteiger partial charge in [0.05, 0.1) is 26.7 Å². The highest BCUT2D eigenvalue weighted by Gasteiger charge is 2.19. The molecule has 158 valence electrons. The third-order valence-electron chi connectivity index (χ3n) is 6.15. The Kier molecular flexibility index (Phi) is 19.7. The Bertz CT molecular complexity index is 249. The molecular weight excluding hydrogens is 314 g/mol. The molecule has 0 spiro atoms. The number of quaternary nitrogens is 1. The number of rotatable bonds is 21. The van der Waals surface area contributed by atoms with E-state index in [0.717, 1.165) is 0 Å². The van der Waals surface area contributed by atoms with Gasteiger partial charge in [-0.25, -0.2) is 0 Å². The number of hydrogen-bond donors (Lipinski definition) is 0. The van der Waals surface area contributed by atoms with Gasteiger partial charge in [-0.3, -0.25) is 0 Å². The minimum atomic E-state index is 1.35. The summed E-state index contributed by atoms with van der Waals surface area (Å²) in [6.45, 7) is 11.2. The van der Waals surface area contributed by atoms with Crippen LogP contribution in [0.15, 0.2) is 0 Å². The van der Waals surface area contributed by atoms with Crippen molar-refractivity contribution in [1.29, 1.82) is 0 Å². The van der Waals surface area contributed by atoms with Crippen LogP contribution >= 0.6 is 0 Å². The first-order chi connectivity index (χ1) is 12.7. The lowest BCUT2D eigenvalue weighted by Crippen LogP contribution is -2.46. The second-order valence-electron chi connectivity index (χ2n) is 9.09. The largest absolute Gasteiger partial charge is 0.326 e. The lowest BCUT2D eigenvalue weighted by atomic mass is 10.1. The minimum absolute atomic E-state index is 1.35. The highest BCUT2D eigenvalue weighted by atomic mass is 15.3. The molecule has 0 aromatic carbocycles. The Morgan fingerprint density at radius 3 is 0.885 bits per heavy atom. The van der Waals surface area contributed by atoms with Crippen molar-refractivity contribution in [2.24, 2.45) is 0 Å². The van der Waals surface area contributed by atoms with Crippen molar-refractivity contribution < 1.29 is 4.48 Å². The van der Waals surface area contributed by atoms with E-state index in [0.29, 0.717) is 0 Å². The van der Waals surface area contributed by atoms with Crippen LogP contribution in [0.4, 0.5) is 0 Å². The average molecular weight is 369 g/mol. The van der Waals surface area contributed by atoms with E-state index < -0.39 is 0 Å². The van der Waals surface area contributed by atoms with Crippen molar-refractivity contribution in [1.82, 2.24) is 0 Å². The van der Waals surface area contributed by atoms with E-state index >= 15 is 0 Å². The zero-order chi connectivity index (χ0) is 19.3. The molecule has 0 fully saturated rings. The van der Waals surface area contributed by atoms with Crippen LogP contribution in [0.1, 0.15) is 136 Å². The van der Waals surface area contributed by atoms with Gasteiger partial charge < -0.3 is 4.48 Å². The molecule has 0 unspecified atom stereocenters. The molecule has 0 aromatic heterocycles. The Labute approximate surface area is 167 Å². The SMILES string of the molecule is CCCCCCCCCCCC[N+](C)(CCCCCC)CCCCCC. The molecule has 0 bridgehead atoms. The van der Waals surface area contributed by atoms with Gasteiger partial charge in [0.25, 0.3) is 0 Å². The number of nitrogens with zero attached hydrogens (tertiary/aromatic N) is 1. The van der Waals surface area contributed by atoms with Gasteiger partial charge >= 0.3 is 0 Å². The Morgan fingerprint density at radius 2 is 0.577 bits per heavy atom. The molecule has 0 radical (unpaired) electrons. The van der Waals surface area contributed by atoms with E-state index in [2.05, 4.69) is 27.8 Å². The van der Waals surface area contributed by atoms with E-state index in [1.165, 1.54) is 140 Å². The summed E-state index contributed by atoms with van der Waals surface area (Å²) in [5.41, 5.74) is 0.